The molecule has 4 aromatic rings. The van der Waals surface area contributed by atoms with E-state index < -0.39 is 0 Å². The molecule has 0 aliphatic heterocycles. The van der Waals surface area contributed by atoms with E-state index in [0.29, 0.717) is 12.3 Å². The standard InChI is InChI=1S/C23H21N5OS/c29-20(24-15-23(11-12-23)17-7-3-1-4-8-17)14-30-22-19-13-27-28(21(19)25-16-26-22)18-9-5-2-6-10-18/h1-10,13,16H,11-12,14-15H2,(H,24,29). The van der Waals surface area contributed by atoms with E-state index in [1.54, 1.807) is 10.9 Å². The molecule has 1 aliphatic carbocycles. The first-order valence-corrected chi connectivity index (χ1v) is 10.9. The smallest absolute Gasteiger partial charge is 0.230 e. The zero-order valence-electron chi connectivity index (χ0n) is 16.4. The summed E-state index contributed by atoms with van der Waals surface area (Å²) in [4.78, 5) is 21.3. The number of amides is 1. The lowest BCUT2D eigenvalue weighted by Gasteiger charge is -2.16. The molecule has 5 rings (SSSR count). The fourth-order valence-electron chi connectivity index (χ4n) is 3.66. The SMILES string of the molecule is O=C(CSc1ncnc2c1cnn2-c1ccccc1)NCC1(c2ccccc2)CC1. The highest BCUT2D eigenvalue weighted by molar-refractivity contribution is 8.00. The van der Waals surface area contributed by atoms with Crippen molar-refractivity contribution < 1.29 is 4.79 Å². The van der Waals surface area contributed by atoms with E-state index in [9.17, 15) is 4.79 Å². The van der Waals surface area contributed by atoms with Crippen LogP contribution in [0, 0.1) is 0 Å². The highest BCUT2D eigenvalue weighted by atomic mass is 32.2. The van der Waals surface area contributed by atoms with E-state index in [1.807, 2.05) is 36.4 Å². The molecule has 1 saturated carbocycles. The number of rotatable bonds is 7. The van der Waals surface area contributed by atoms with Gasteiger partial charge in [-0.05, 0) is 30.5 Å². The monoisotopic (exact) mass is 415 g/mol. The maximum Gasteiger partial charge on any atom is 0.230 e. The van der Waals surface area contributed by atoms with Gasteiger partial charge in [0.1, 0.15) is 11.4 Å². The Bertz CT molecular complexity index is 1170. The van der Waals surface area contributed by atoms with Crippen molar-refractivity contribution in [1.29, 1.82) is 0 Å². The largest absolute Gasteiger partial charge is 0.354 e. The number of nitrogens with zero attached hydrogens (tertiary/aromatic N) is 4. The number of hydrogen-bond acceptors (Lipinski definition) is 5. The van der Waals surface area contributed by atoms with E-state index >= 15 is 0 Å². The van der Waals surface area contributed by atoms with Gasteiger partial charge in [-0.3, -0.25) is 4.79 Å². The third kappa shape index (κ3) is 3.68. The van der Waals surface area contributed by atoms with Gasteiger partial charge < -0.3 is 5.32 Å². The second-order valence-corrected chi connectivity index (χ2v) is 8.48. The van der Waals surface area contributed by atoms with Gasteiger partial charge in [0.25, 0.3) is 0 Å². The molecule has 0 bridgehead atoms. The Kier molecular flexibility index (Phi) is 4.96. The van der Waals surface area contributed by atoms with Gasteiger partial charge in [0.2, 0.25) is 5.91 Å². The normalized spacial score (nSPS) is 14.5. The lowest BCUT2D eigenvalue weighted by atomic mass is 9.96. The molecule has 2 aromatic heterocycles. The van der Waals surface area contributed by atoms with Crippen molar-refractivity contribution in [2.45, 2.75) is 23.3 Å². The van der Waals surface area contributed by atoms with E-state index in [2.05, 4.69) is 44.6 Å². The van der Waals surface area contributed by atoms with Gasteiger partial charge in [0.15, 0.2) is 5.65 Å². The van der Waals surface area contributed by atoms with Crippen LogP contribution in [0.3, 0.4) is 0 Å². The predicted octanol–water partition coefficient (Wildman–Crippen LogP) is 3.76. The molecule has 2 aromatic carbocycles. The van der Waals surface area contributed by atoms with Gasteiger partial charge in [-0.2, -0.15) is 5.10 Å². The van der Waals surface area contributed by atoms with Crippen LogP contribution in [0.5, 0.6) is 0 Å². The Labute approximate surface area is 178 Å². The van der Waals surface area contributed by atoms with Crippen molar-refractivity contribution in [2.24, 2.45) is 0 Å². The molecule has 1 fully saturated rings. The molecule has 0 spiro atoms. The maximum absolute atomic E-state index is 12.5. The summed E-state index contributed by atoms with van der Waals surface area (Å²) in [5, 5.41) is 9.19. The van der Waals surface area contributed by atoms with Crippen LogP contribution in [0.1, 0.15) is 18.4 Å². The Hall–Kier alpha value is -3.19. The molecule has 0 atom stereocenters. The van der Waals surface area contributed by atoms with Crippen LogP contribution in [-0.4, -0.2) is 38.0 Å². The molecule has 7 heteroatoms. The average molecular weight is 416 g/mol. The van der Waals surface area contributed by atoms with Crippen LogP contribution in [0.15, 0.2) is 78.2 Å². The highest BCUT2D eigenvalue weighted by Crippen LogP contribution is 2.47. The Morgan fingerprint density at radius 2 is 1.77 bits per heavy atom. The molecule has 150 valence electrons. The molecule has 0 radical (unpaired) electrons. The fourth-order valence-corrected chi connectivity index (χ4v) is 4.45. The number of para-hydroxylation sites is 1. The minimum absolute atomic E-state index is 0.0180. The second-order valence-electron chi connectivity index (χ2n) is 7.52. The summed E-state index contributed by atoms with van der Waals surface area (Å²) in [5.74, 6) is 0.331. The topological polar surface area (TPSA) is 72.7 Å². The van der Waals surface area contributed by atoms with Gasteiger partial charge in [-0.25, -0.2) is 14.6 Å². The summed E-state index contributed by atoms with van der Waals surface area (Å²) in [6.07, 6.45) is 5.53. The highest BCUT2D eigenvalue weighted by Gasteiger charge is 2.44. The minimum Gasteiger partial charge on any atom is -0.354 e. The Morgan fingerprint density at radius 3 is 2.50 bits per heavy atom. The van der Waals surface area contributed by atoms with Gasteiger partial charge in [-0.15, -0.1) is 0 Å². The molecular weight excluding hydrogens is 394 g/mol. The lowest BCUT2D eigenvalue weighted by molar-refractivity contribution is -0.118. The fraction of sp³-hybridized carbons (Fsp3) is 0.217. The molecule has 0 saturated heterocycles. The summed E-state index contributed by atoms with van der Waals surface area (Å²) in [5.41, 5.74) is 3.10. The van der Waals surface area contributed by atoms with Crippen LogP contribution in [0.2, 0.25) is 0 Å². The number of nitrogens with one attached hydrogen (secondary N) is 1. The summed E-state index contributed by atoms with van der Waals surface area (Å²) < 4.78 is 1.79. The third-order valence-electron chi connectivity index (χ3n) is 5.53. The molecular formula is C23H21N5OS. The summed E-state index contributed by atoms with van der Waals surface area (Å²) in [6.45, 7) is 0.682. The molecule has 2 heterocycles. The first-order valence-electron chi connectivity index (χ1n) is 9.94. The summed E-state index contributed by atoms with van der Waals surface area (Å²) in [6, 6.07) is 20.3. The molecule has 0 unspecified atom stereocenters. The van der Waals surface area contributed by atoms with Crippen LogP contribution in [0.4, 0.5) is 0 Å². The van der Waals surface area contributed by atoms with Crippen molar-refractivity contribution in [1.82, 2.24) is 25.1 Å². The number of aromatic nitrogens is 4. The minimum atomic E-state index is 0.0180. The molecule has 30 heavy (non-hydrogen) atoms. The van der Waals surface area contributed by atoms with Crippen LogP contribution < -0.4 is 5.32 Å². The summed E-state index contributed by atoms with van der Waals surface area (Å²) >= 11 is 1.42. The number of hydrogen-bond donors (Lipinski definition) is 1. The van der Waals surface area contributed by atoms with Crippen LogP contribution in [-0.2, 0) is 10.2 Å². The first kappa shape index (κ1) is 18.8. The zero-order chi connectivity index (χ0) is 20.4. The number of carbonyl (C=O) groups is 1. The molecule has 1 N–H and O–H groups in total. The average Bonchev–Trinajstić information content (AvgIpc) is 3.48. The van der Waals surface area contributed by atoms with E-state index in [4.69, 9.17) is 0 Å². The van der Waals surface area contributed by atoms with E-state index in [0.717, 1.165) is 34.6 Å². The van der Waals surface area contributed by atoms with Gasteiger partial charge in [0.05, 0.1) is 23.0 Å². The Morgan fingerprint density at radius 1 is 1.03 bits per heavy atom. The molecule has 1 aliphatic rings. The van der Waals surface area contributed by atoms with Crippen LogP contribution >= 0.6 is 11.8 Å². The quantitative estimate of drug-likeness (QED) is 0.368. The first-order chi connectivity index (χ1) is 14.8. The third-order valence-corrected chi connectivity index (χ3v) is 6.54. The molecule has 6 nitrogen and oxygen atoms in total. The Balaban J connectivity index is 1.25. The van der Waals surface area contributed by atoms with Gasteiger partial charge >= 0.3 is 0 Å². The number of fused-ring (bicyclic) bond motifs is 1. The van der Waals surface area contributed by atoms with Gasteiger partial charge in [-0.1, -0.05) is 60.3 Å². The number of carbonyl (C=O) groups excluding carboxylic acids is 1. The van der Waals surface area contributed by atoms with Crippen molar-refractivity contribution >= 4 is 28.7 Å². The zero-order valence-corrected chi connectivity index (χ0v) is 17.2. The van der Waals surface area contributed by atoms with Crippen molar-refractivity contribution in [3.63, 3.8) is 0 Å². The van der Waals surface area contributed by atoms with E-state index in [1.165, 1.54) is 23.7 Å². The van der Waals surface area contributed by atoms with Crippen LogP contribution in [0.25, 0.3) is 16.7 Å². The lowest BCUT2D eigenvalue weighted by Crippen LogP contribution is -2.33. The van der Waals surface area contributed by atoms with E-state index in [-0.39, 0.29) is 11.3 Å². The molecule has 1 amide bonds. The number of thioether (sulfide) groups is 1. The maximum atomic E-state index is 12.5. The summed E-state index contributed by atoms with van der Waals surface area (Å²) in [7, 11) is 0. The number of benzene rings is 2. The second kappa shape index (κ2) is 7.91. The van der Waals surface area contributed by atoms with Crippen molar-refractivity contribution in [3.8, 4) is 5.69 Å². The predicted molar refractivity (Wildman–Crippen MR) is 118 cm³/mol. The van der Waals surface area contributed by atoms with Crippen molar-refractivity contribution in [3.05, 3.63) is 78.8 Å². The van der Waals surface area contributed by atoms with Crippen molar-refractivity contribution in [2.75, 3.05) is 12.3 Å². The van der Waals surface area contributed by atoms with Gasteiger partial charge in [0, 0.05) is 12.0 Å².